The van der Waals surface area contributed by atoms with Gasteiger partial charge in [0.1, 0.15) is 0 Å². The Hall–Kier alpha value is -2.30. The minimum atomic E-state index is -1.06. The molecule has 0 heterocycles. The van der Waals surface area contributed by atoms with Gasteiger partial charge in [0.2, 0.25) is 5.91 Å². The number of nitrogens with zero attached hydrogens (tertiary/aromatic N) is 1. The molecule has 0 spiro atoms. The van der Waals surface area contributed by atoms with Crippen LogP contribution in [-0.2, 0) is 20.8 Å². The van der Waals surface area contributed by atoms with Crippen molar-refractivity contribution < 1.29 is 19.5 Å². The Kier molecular flexibility index (Phi) is 5.77. The third kappa shape index (κ3) is 5.56. The molecule has 1 aromatic rings. The lowest BCUT2D eigenvalue weighted by atomic mass is 10.0. The summed E-state index contributed by atoms with van der Waals surface area (Å²) >= 11 is 0. The third-order valence-corrected chi connectivity index (χ3v) is 2.67. The van der Waals surface area contributed by atoms with Gasteiger partial charge in [0, 0.05) is 19.8 Å². The first-order chi connectivity index (χ1) is 9.38. The van der Waals surface area contributed by atoms with E-state index in [1.807, 2.05) is 31.2 Å². The van der Waals surface area contributed by atoms with E-state index in [1.54, 1.807) is 0 Å². The number of aryl methyl sites for hydroxylation is 1. The Balaban J connectivity index is 2.81. The average Bonchev–Trinajstić information content (AvgIpc) is 2.35. The summed E-state index contributed by atoms with van der Waals surface area (Å²) in [6.07, 6.45) is -0.201. The van der Waals surface area contributed by atoms with Gasteiger partial charge in [0.05, 0.1) is 12.1 Å². The molecule has 0 saturated heterocycles. The summed E-state index contributed by atoms with van der Waals surface area (Å²) < 4.78 is 0. The summed E-state index contributed by atoms with van der Waals surface area (Å²) in [4.78, 5) is 37.1. The maximum absolute atomic E-state index is 11.5. The van der Waals surface area contributed by atoms with Crippen molar-refractivity contribution in [3.63, 3.8) is 0 Å². The van der Waals surface area contributed by atoms with Crippen molar-refractivity contribution in [2.24, 2.45) is 4.99 Å². The molecule has 106 valence electrons. The summed E-state index contributed by atoms with van der Waals surface area (Å²) in [5, 5.41) is 8.50. The van der Waals surface area contributed by atoms with Crippen molar-refractivity contribution in [2.75, 3.05) is 0 Å². The van der Waals surface area contributed by atoms with Gasteiger partial charge in [-0.05, 0) is 12.5 Å². The number of carboxylic acid groups (broad SMARTS) is 1. The lowest BCUT2D eigenvalue weighted by molar-refractivity contribution is -0.138. The van der Waals surface area contributed by atoms with Crippen LogP contribution < -0.4 is 0 Å². The Bertz CT molecular complexity index is 561. The molecule has 5 heteroatoms. The Morgan fingerprint density at radius 1 is 1.20 bits per heavy atom. The van der Waals surface area contributed by atoms with Gasteiger partial charge in [-0.1, -0.05) is 29.8 Å². The number of Topliss-reactive ketones (excluding diaryl/α,β-unsaturated/α-hetero) is 1. The van der Waals surface area contributed by atoms with E-state index in [-0.39, 0.29) is 30.8 Å². The molecule has 1 rings (SSSR count). The highest BCUT2D eigenvalue weighted by atomic mass is 16.4. The maximum Gasteiger partial charge on any atom is 0.303 e. The SMILES string of the molecule is CC(=O)/C(Cc1cccc(C)c1)=N/C(=O)CCC(=O)O. The molecule has 0 atom stereocenters. The second-order valence-corrected chi connectivity index (χ2v) is 4.57. The van der Waals surface area contributed by atoms with Crippen LogP contribution in [0.15, 0.2) is 29.3 Å². The van der Waals surface area contributed by atoms with Gasteiger partial charge >= 0.3 is 5.97 Å². The van der Waals surface area contributed by atoms with Gasteiger partial charge < -0.3 is 5.11 Å². The standard InChI is InChI=1S/C15H17NO4/c1-10-4-3-5-12(8-10)9-13(11(2)17)16-14(18)6-7-15(19)20/h3-5,8H,6-7,9H2,1-2H3,(H,19,20)/b16-13+. The first kappa shape index (κ1) is 15.8. The first-order valence-electron chi connectivity index (χ1n) is 6.27. The number of rotatable bonds is 6. The van der Waals surface area contributed by atoms with Crippen LogP contribution in [0, 0.1) is 6.92 Å². The quantitative estimate of drug-likeness (QED) is 0.804. The van der Waals surface area contributed by atoms with Crippen LogP contribution in [0.3, 0.4) is 0 Å². The number of ketones is 1. The topological polar surface area (TPSA) is 83.8 Å². The number of aliphatic carboxylic acids is 1. The van der Waals surface area contributed by atoms with Crippen LogP contribution >= 0.6 is 0 Å². The fourth-order valence-corrected chi connectivity index (χ4v) is 1.68. The van der Waals surface area contributed by atoms with Gasteiger partial charge in [0.25, 0.3) is 0 Å². The minimum Gasteiger partial charge on any atom is -0.481 e. The van der Waals surface area contributed by atoms with Crippen LogP contribution in [0.5, 0.6) is 0 Å². The molecule has 0 bridgehead atoms. The van der Waals surface area contributed by atoms with Crippen LogP contribution in [0.1, 0.15) is 30.9 Å². The van der Waals surface area contributed by atoms with Gasteiger partial charge in [-0.25, -0.2) is 4.99 Å². The number of amides is 1. The Labute approximate surface area is 117 Å². The molecule has 0 aliphatic carbocycles. The van der Waals surface area contributed by atoms with Gasteiger partial charge in [-0.3, -0.25) is 14.4 Å². The van der Waals surface area contributed by atoms with E-state index >= 15 is 0 Å². The zero-order valence-electron chi connectivity index (χ0n) is 11.5. The number of benzene rings is 1. The second-order valence-electron chi connectivity index (χ2n) is 4.57. The molecule has 0 radical (unpaired) electrons. The van der Waals surface area contributed by atoms with Crippen molar-refractivity contribution in [2.45, 2.75) is 33.1 Å². The summed E-state index contributed by atoms with van der Waals surface area (Å²) in [5.41, 5.74) is 2.11. The fraction of sp³-hybridized carbons (Fsp3) is 0.333. The summed E-state index contributed by atoms with van der Waals surface area (Å²) in [6.45, 7) is 3.28. The third-order valence-electron chi connectivity index (χ3n) is 2.67. The molecule has 0 unspecified atom stereocenters. The van der Waals surface area contributed by atoms with E-state index in [2.05, 4.69) is 4.99 Å². The van der Waals surface area contributed by atoms with E-state index < -0.39 is 11.9 Å². The predicted octanol–water partition coefficient (Wildman–Crippen LogP) is 1.96. The minimum absolute atomic E-state index is 0.158. The molecular formula is C15H17NO4. The molecule has 1 N–H and O–H groups in total. The van der Waals surface area contributed by atoms with E-state index in [1.165, 1.54) is 6.92 Å². The first-order valence-corrected chi connectivity index (χ1v) is 6.27. The number of hydrogen-bond acceptors (Lipinski definition) is 3. The van der Waals surface area contributed by atoms with E-state index in [4.69, 9.17) is 5.11 Å². The lowest BCUT2D eigenvalue weighted by Gasteiger charge is -2.04. The van der Waals surface area contributed by atoms with Crippen LogP contribution in [0.25, 0.3) is 0 Å². The van der Waals surface area contributed by atoms with Gasteiger partial charge in [-0.15, -0.1) is 0 Å². The largest absolute Gasteiger partial charge is 0.481 e. The van der Waals surface area contributed by atoms with Crippen molar-refractivity contribution in [3.8, 4) is 0 Å². The summed E-state index contributed by atoms with van der Waals surface area (Å²) in [5.74, 6) is -1.92. The smallest absolute Gasteiger partial charge is 0.303 e. The molecular weight excluding hydrogens is 258 g/mol. The molecule has 1 amide bonds. The molecule has 0 fully saturated rings. The molecule has 0 saturated carbocycles. The maximum atomic E-state index is 11.5. The predicted molar refractivity (Wildman–Crippen MR) is 74.9 cm³/mol. The summed E-state index contributed by atoms with van der Waals surface area (Å²) in [7, 11) is 0. The zero-order chi connectivity index (χ0) is 15.1. The van der Waals surface area contributed by atoms with Crippen molar-refractivity contribution >= 4 is 23.4 Å². The lowest BCUT2D eigenvalue weighted by Crippen LogP contribution is -2.16. The molecule has 5 nitrogen and oxygen atoms in total. The molecule has 0 aliphatic rings. The van der Waals surface area contributed by atoms with Crippen molar-refractivity contribution in [1.82, 2.24) is 0 Å². The fourth-order valence-electron chi connectivity index (χ4n) is 1.68. The molecule has 1 aromatic carbocycles. The molecule has 0 aliphatic heterocycles. The van der Waals surface area contributed by atoms with Crippen LogP contribution in [0.2, 0.25) is 0 Å². The van der Waals surface area contributed by atoms with E-state index in [9.17, 15) is 14.4 Å². The monoisotopic (exact) mass is 275 g/mol. The van der Waals surface area contributed by atoms with E-state index in [0.717, 1.165) is 11.1 Å². The number of aliphatic imine (C=N–C) groups is 1. The molecule has 20 heavy (non-hydrogen) atoms. The highest BCUT2D eigenvalue weighted by Gasteiger charge is 2.11. The number of carbonyl (C=O) groups is 3. The highest BCUT2D eigenvalue weighted by Crippen LogP contribution is 2.07. The van der Waals surface area contributed by atoms with Crippen LogP contribution in [-0.4, -0.2) is 28.5 Å². The van der Waals surface area contributed by atoms with Crippen LogP contribution in [0.4, 0.5) is 0 Å². The second kappa shape index (κ2) is 7.33. The highest BCUT2D eigenvalue weighted by molar-refractivity contribution is 6.40. The summed E-state index contributed by atoms with van der Waals surface area (Å²) in [6, 6.07) is 7.58. The number of carbonyl (C=O) groups excluding carboxylic acids is 2. The Morgan fingerprint density at radius 3 is 2.45 bits per heavy atom. The van der Waals surface area contributed by atoms with Crippen molar-refractivity contribution in [1.29, 1.82) is 0 Å². The zero-order valence-corrected chi connectivity index (χ0v) is 11.5. The number of carboxylic acids is 1. The van der Waals surface area contributed by atoms with Gasteiger partial charge in [0.15, 0.2) is 5.78 Å². The van der Waals surface area contributed by atoms with Gasteiger partial charge in [-0.2, -0.15) is 0 Å². The normalized spacial score (nSPS) is 11.2. The molecule has 0 aromatic heterocycles. The van der Waals surface area contributed by atoms with Crippen molar-refractivity contribution in [3.05, 3.63) is 35.4 Å². The van der Waals surface area contributed by atoms with E-state index in [0.29, 0.717) is 0 Å². The number of hydrogen-bond donors (Lipinski definition) is 1. The average molecular weight is 275 g/mol. The Morgan fingerprint density at radius 2 is 1.90 bits per heavy atom.